The van der Waals surface area contributed by atoms with E-state index in [9.17, 15) is 43.5 Å². The quantitative estimate of drug-likeness (QED) is 0.0253. The molecule has 20 nitrogen and oxygen atoms in total. The summed E-state index contributed by atoms with van der Waals surface area (Å²) in [6.07, 6.45) is -0.841. The van der Waals surface area contributed by atoms with Gasteiger partial charge in [0.1, 0.15) is 30.2 Å². The molecule has 0 rings (SSSR count). The first kappa shape index (κ1) is 48.0. The van der Waals surface area contributed by atoms with Gasteiger partial charge in [0.15, 0.2) is 5.96 Å². The Morgan fingerprint density at radius 1 is 0.566 bits per heavy atom. The predicted octanol–water partition coefficient (Wildman–Crippen LogP) is -2.25. The van der Waals surface area contributed by atoms with Crippen molar-refractivity contribution >= 4 is 53.3 Å². The maximum absolute atomic E-state index is 13.7. The van der Waals surface area contributed by atoms with Gasteiger partial charge in [-0.3, -0.25) is 38.6 Å². The summed E-state index contributed by atoms with van der Waals surface area (Å²) < 4.78 is 0. The highest BCUT2D eigenvalue weighted by Gasteiger charge is 2.33. The van der Waals surface area contributed by atoms with Gasteiger partial charge in [-0.05, 0) is 56.3 Å². The number of hydrogen-bond donors (Lipinski definition) is 11. The van der Waals surface area contributed by atoms with E-state index in [0.717, 1.165) is 0 Å². The SMILES string of the molecule is CC(C)C[C@H](NC(=O)[C@H](CCCN=C(N)N)NC(=O)[C@H](CC(C)C)NC(=O)[C@H](CCC(N)=O)NC(=O)[C@H](CC(C)C)NC(=O)[C@@H](N)CC(=O)O)C(=O)O. The van der Waals surface area contributed by atoms with Crippen LogP contribution in [0.25, 0.3) is 0 Å². The molecule has 0 saturated carbocycles. The fraction of sp³-hybridized carbons (Fsp3) is 0.727. The molecule has 0 aromatic heterocycles. The van der Waals surface area contributed by atoms with Crippen molar-refractivity contribution < 1.29 is 48.6 Å². The number of guanidine groups is 1. The van der Waals surface area contributed by atoms with E-state index in [2.05, 4.69) is 31.6 Å². The standard InChI is InChI=1S/C33H60N10O10/c1-16(2)12-22(41-27(47)19(34)15-26(45)46)30(50)40-21(9-10-25(35)44)29(49)42-23(13-17(3)4)31(51)39-20(8-7-11-38-33(36)37)28(48)43-24(32(52)53)14-18(5)6/h16-24H,7-15,34H2,1-6H3,(H2,35,44)(H,39,51)(H,40,50)(H,41,47)(H,42,49)(H,43,48)(H,45,46)(H,52,53)(H4,36,37,38)/t19-,20-,21-,22-,23-,24-/m0/s1. The third kappa shape index (κ3) is 21.2. The van der Waals surface area contributed by atoms with E-state index in [4.69, 9.17) is 28.0 Å². The monoisotopic (exact) mass is 756 g/mol. The molecule has 15 N–H and O–H groups in total. The number of aliphatic imine (C=N–C) groups is 1. The van der Waals surface area contributed by atoms with Gasteiger partial charge in [0.25, 0.3) is 0 Å². The molecule has 6 amide bonds. The average Bonchev–Trinajstić information content (AvgIpc) is 3.01. The first-order chi connectivity index (χ1) is 24.5. The van der Waals surface area contributed by atoms with Crippen LogP contribution in [-0.4, -0.2) is 106 Å². The smallest absolute Gasteiger partial charge is 0.326 e. The van der Waals surface area contributed by atoms with Crippen molar-refractivity contribution in [2.75, 3.05) is 6.54 Å². The lowest BCUT2D eigenvalue weighted by molar-refractivity contribution is -0.143. The van der Waals surface area contributed by atoms with Gasteiger partial charge < -0.3 is 59.7 Å². The Bertz CT molecular complexity index is 1300. The molecular formula is C33H60N10O10. The van der Waals surface area contributed by atoms with Gasteiger partial charge in [0, 0.05) is 13.0 Å². The summed E-state index contributed by atoms with van der Waals surface area (Å²) in [5.74, 6) is -8.16. The largest absolute Gasteiger partial charge is 0.481 e. The number of nitrogens with zero attached hydrogens (tertiary/aromatic N) is 1. The molecule has 20 heteroatoms. The zero-order valence-electron chi connectivity index (χ0n) is 31.5. The van der Waals surface area contributed by atoms with Crippen LogP contribution in [0.3, 0.4) is 0 Å². The molecule has 53 heavy (non-hydrogen) atoms. The van der Waals surface area contributed by atoms with Crippen LogP contribution in [0.4, 0.5) is 0 Å². The van der Waals surface area contributed by atoms with Crippen LogP contribution in [0, 0.1) is 17.8 Å². The number of nitrogens with two attached hydrogens (primary N) is 4. The van der Waals surface area contributed by atoms with Gasteiger partial charge >= 0.3 is 11.9 Å². The summed E-state index contributed by atoms with van der Waals surface area (Å²) in [5, 5.41) is 31.2. The fourth-order valence-electron chi connectivity index (χ4n) is 5.08. The molecule has 0 aliphatic rings. The molecule has 302 valence electrons. The lowest BCUT2D eigenvalue weighted by Crippen LogP contribution is -2.59. The molecule has 0 aromatic rings. The number of rotatable bonds is 26. The lowest BCUT2D eigenvalue weighted by Gasteiger charge is -2.28. The third-order valence-corrected chi connectivity index (χ3v) is 7.62. The van der Waals surface area contributed by atoms with Crippen LogP contribution in [0.15, 0.2) is 4.99 Å². The molecule has 0 aromatic carbocycles. The lowest BCUT2D eigenvalue weighted by atomic mass is 9.99. The number of amides is 6. The molecule has 0 aliphatic heterocycles. The number of carboxylic acid groups (broad SMARTS) is 2. The number of nitrogens with one attached hydrogen (secondary N) is 5. The molecule has 0 saturated heterocycles. The Morgan fingerprint density at radius 2 is 0.943 bits per heavy atom. The number of carboxylic acids is 2. The van der Waals surface area contributed by atoms with Gasteiger partial charge in [-0.1, -0.05) is 41.5 Å². The molecule has 0 aliphatic carbocycles. The van der Waals surface area contributed by atoms with Gasteiger partial charge in [-0.25, -0.2) is 4.79 Å². The summed E-state index contributed by atoms with van der Waals surface area (Å²) in [6, 6.07) is -7.89. The Balaban J connectivity index is 6.34. The van der Waals surface area contributed by atoms with E-state index in [1.807, 2.05) is 0 Å². The first-order valence-corrected chi connectivity index (χ1v) is 17.6. The van der Waals surface area contributed by atoms with E-state index in [-0.39, 0.29) is 75.2 Å². The van der Waals surface area contributed by atoms with E-state index in [1.54, 1.807) is 41.5 Å². The van der Waals surface area contributed by atoms with Gasteiger partial charge in [-0.15, -0.1) is 0 Å². The van der Waals surface area contributed by atoms with Crippen LogP contribution in [0.5, 0.6) is 0 Å². The maximum atomic E-state index is 13.7. The summed E-state index contributed by atoms with van der Waals surface area (Å²) in [5.41, 5.74) is 21.7. The maximum Gasteiger partial charge on any atom is 0.326 e. The molecule has 0 radical (unpaired) electrons. The normalized spacial score (nSPS) is 14.5. The minimum Gasteiger partial charge on any atom is -0.481 e. The van der Waals surface area contributed by atoms with Crippen molar-refractivity contribution in [3.8, 4) is 0 Å². The molecule has 0 unspecified atom stereocenters. The van der Waals surface area contributed by atoms with Gasteiger partial charge in [0.2, 0.25) is 35.4 Å². The Kier molecular flexibility index (Phi) is 22.0. The molecular weight excluding hydrogens is 696 g/mol. The average molecular weight is 757 g/mol. The number of carbonyl (C=O) groups excluding carboxylic acids is 6. The predicted molar refractivity (Wildman–Crippen MR) is 194 cm³/mol. The number of carbonyl (C=O) groups is 8. The zero-order chi connectivity index (χ0) is 41.0. The van der Waals surface area contributed by atoms with Crippen LogP contribution in [0.1, 0.15) is 92.9 Å². The summed E-state index contributed by atoms with van der Waals surface area (Å²) in [4.78, 5) is 105. The second-order valence-corrected chi connectivity index (χ2v) is 14.2. The minimum absolute atomic E-state index is 0.00108. The first-order valence-electron chi connectivity index (χ1n) is 17.6. The van der Waals surface area contributed by atoms with Gasteiger partial charge in [0.05, 0.1) is 12.5 Å². The Labute approximate surface area is 309 Å². The highest BCUT2D eigenvalue weighted by atomic mass is 16.4. The Morgan fingerprint density at radius 3 is 1.34 bits per heavy atom. The summed E-state index contributed by atoms with van der Waals surface area (Å²) in [7, 11) is 0. The number of primary amides is 1. The van der Waals surface area contributed by atoms with Gasteiger partial charge in [-0.2, -0.15) is 0 Å². The van der Waals surface area contributed by atoms with Crippen LogP contribution < -0.4 is 49.5 Å². The molecule has 0 bridgehead atoms. The van der Waals surface area contributed by atoms with Crippen molar-refractivity contribution in [2.45, 2.75) is 129 Å². The van der Waals surface area contributed by atoms with Crippen molar-refractivity contribution in [2.24, 2.45) is 45.7 Å². The van der Waals surface area contributed by atoms with Crippen LogP contribution in [0.2, 0.25) is 0 Å². The second kappa shape index (κ2) is 24.3. The highest BCUT2D eigenvalue weighted by Crippen LogP contribution is 2.12. The number of aliphatic carboxylic acids is 2. The highest BCUT2D eigenvalue weighted by molar-refractivity contribution is 5.96. The summed E-state index contributed by atoms with van der Waals surface area (Å²) >= 11 is 0. The van der Waals surface area contributed by atoms with Crippen molar-refractivity contribution in [1.82, 2.24) is 26.6 Å². The van der Waals surface area contributed by atoms with Crippen molar-refractivity contribution in [1.29, 1.82) is 0 Å². The third-order valence-electron chi connectivity index (χ3n) is 7.62. The molecule has 0 heterocycles. The van der Waals surface area contributed by atoms with Crippen molar-refractivity contribution in [3.63, 3.8) is 0 Å². The van der Waals surface area contributed by atoms with E-state index >= 15 is 0 Å². The summed E-state index contributed by atoms with van der Waals surface area (Å²) in [6.45, 7) is 10.7. The number of hydrogen-bond acceptors (Lipinski definition) is 10. The molecule has 0 spiro atoms. The Hall–Kier alpha value is -5.01. The second-order valence-electron chi connectivity index (χ2n) is 14.2. The van der Waals surface area contributed by atoms with E-state index < -0.39 is 90.1 Å². The molecule has 6 atom stereocenters. The van der Waals surface area contributed by atoms with E-state index in [1.165, 1.54) is 0 Å². The topological polar surface area (TPSA) is 354 Å². The van der Waals surface area contributed by atoms with Crippen LogP contribution in [-0.2, 0) is 38.4 Å². The molecule has 0 fully saturated rings. The van der Waals surface area contributed by atoms with E-state index in [0.29, 0.717) is 0 Å². The van der Waals surface area contributed by atoms with Crippen LogP contribution >= 0.6 is 0 Å². The zero-order valence-corrected chi connectivity index (χ0v) is 31.5. The van der Waals surface area contributed by atoms with Crippen molar-refractivity contribution in [3.05, 3.63) is 0 Å². The minimum atomic E-state index is -1.46. The fourth-order valence-corrected chi connectivity index (χ4v) is 5.08.